The molecule has 9 aromatic rings. The van der Waals surface area contributed by atoms with Gasteiger partial charge in [0.15, 0.2) is 0 Å². The van der Waals surface area contributed by atoms with Crippen molar-refractivity contribution in [3.05, 3.63) is 228 Å². The Balaban J connectivity index is 0.000000162. The van der Waals surface area contributed by atoms with Gasteiger partial charge in [-0.25, -0.2) is 30.5 Å². The van der Waals surface area contributed by atoms with Crippen LogP contribution in [0.2, 0.25) is 0 Å². The van der Waals surface area contributed by atoms with Crippen molar-refractivity contribution in [1.82, 2.24) is 66.4 Å². The number of aliphatic hydroxyl groups excluding tert-OH is 1. The Hall–Kier alpha value is -9.86. The van der Waals surface area contributed by atoms with Crippen LogP contribution in [0.3, 0.4) is 0 Å². The maximum Gasteiger partial charge on any atom is 0.267 e. The molecule has 0 spiro atoms. The highest BCUT2D eigenvalue weighted by Gasteiger charge is 2.08. The average Bonchev–Trinajstić information content (AvgIpc) is 4.25. The molecular formula is C54H49N13O7. The Morgan fingerprint density at radius 1 is 0.446 bits per heavy atom. The molecule has 9 rings (SSSR count). The van der Waals surface area contributed by atoms with Crippen LogP contribution in [0.5, 0.6) is 0 Å². The van der Waals surface area contributed by atoms with E-state index in [1.165, 1.54) is 18.2 Å². The van der Waals surface area contributed by atoms with E-state index in [0.717, 1.165) is 72.7 Å². The van der Waals surface area contributed by atoms with Crippen molar-refractivity contribution in [2.75, 3.05) is 0 Å². The molecule has 0 saturated carbocycles. The molecule has 0 aliphatic rings. The van der Waals surface area contributed by atoms with E-state index in [4.69, 9.17) is 20.7 Å². The molecule has 0 aliphatic carbocycles. The number of hydrogen-bond acceptors (Lipinski definition) is 14. The first-order valence-corrected chi connectivity index (χ1v) is 22.7. The van der Waals surface area contributed by atoms with E-state index in [9.17, 15) is 14.4 Å². The normalized spacial score (nSPS) is 10.9. The molecule has 0 unspecified atom stereocenters. The fourth-order valence-electron chi connectivity index (χ4n) is 6.94. The van der Waals surface area contributed by atoms with Crippen molar-refractivity contribution in [3.8, 4) is 33.8 Å². The van der Waals surface area contributed by atoms with Gasteiger partial charge in [0.1, 0.15) is 17.1 Å². The predicted octanol–water partition coefficient (Wildman–Crippen LogP) is 6.42. The van der Waals surface area contributed by atoms with Crippen LogP contribution in [0.25, 0.3) is 52.0 Å². The van der Waals surface area contributed by atoms with Gasteiger partial charge in [0.25, 0.3) is 17.7 Å². The topological polar surface area (TPSA) is 273 Å². The molecule has 4 heterocycles. The first kappa shape index (κ1) is 52.0. The molecule has 0 aliphatic heterocycles. The summed E-state index contributed by atoms with van der Waals surface area (Å²) in [6.07, 6.45) is 17.7. The number of pyridine rings is 1. The first-order chi connectivity index (χ1) is 36.2. The van der Waals surface area contributed by atoms with Crippen molar-refractivity contribution >= 4 is 35.9 Å². The summed E-state index contributed by atoms with van der Waals surface area (Å²) < 4.78 is 5.26. The third-order valence-corrected chi connectivity index (χ3v) is 10.6. The lowest BCUT2D eigenvalue weighted by Crippen LogP contribution is -2.14. The molecule has 0 fully saturated rings. The third-order valence-electron chi connectivity index (χ3n) is 10.6. The lowest BCUT2D eigenvalue weighted by atomic mass is 10.1. The summed E-state index contributed by atoms with van der Waals surface area (Å²) in [6, 6.07) is 44.2. The fourth-order valence-corrected chi connectivity index (χ4v) is 6.94. The van der Waals surface area contributed by atoms with Gasteiger partial charge in [-0.15, -0.1) is 15.3 Å². The van der Waals surface area contributed by atoms with Gasteiger partial charge in [-0.05, 0) is 81.4 Å². The van der Waals surface area contributed by atoms with Gasteiger partial charge in [0.2, 0.25) is 0 Å². The van der Waals surface area contributed by atoms with Crippen molar-refractivity contribution in [2.24, 2.45) is 0 Å². The minimum Gasteiger partial charge on any atom is -0.392 e. The number of nitrogens with zero attached hydrogens (tertiary/aromatic N) is 10. The molecule has 5 aromatic carbocycles. The summed E-state index contributed by atoms with van der Waals surface area (Å²) in [7, 11) is 0. The zero-order valence-corrected chi connectivity index (χ0v) is 39.4. The van der Waals surface area contributed by atoms with Gasteiger partial charge < -0.3 is 5.11 Å². The molecular weight excluding hydrogens is 943 g/mol. The summed E-state index contributed by atoms with van der Waals surface area (Å²) in [5, 5.41) is 59.5. The summed E-state index contributed by atoms with van der Waals surface area (Å²) in [4.78, 5) is 37.1. The van der Waals surface area contributed by atoms with Crippen molar-refractivity contribution in [2.45, 2.75) is 26.2 Å². The number of aromatic nitrogens is 10. The third kappa shape index (κ3) is 16.1. The number of carbonyl (C=O) groups is 3. The van der Waals surface area contributed by atoms with E-state index in [1.54, 1.807) is 61.1 Å². The van der Waals surface area contributed by atoms with Gasteiger partial charge in [-0.3, -0.25) is 35.0 Å². The highest BCUT2D eigenvalue weighted by Crippen LogP contribution is 2.19. The Kier molecular flexibility index (Phi) is 18.9. The zero-order valence-electron chi connectivity index (χ0n) is 39.4. The Morgan fingerprint density at radius 2 is 0.878 bits per heavy atom. The molecule has 7 N–H and O–H groups in total. The molecule has 20 heteroatoms. The van der Waals surface area contributed by atoms with Crippen molar-refractivity contribution in [3.63, 3.8) is 0 Å². The lowest BCUT2D eigenvalue weighted by molar-refractivity contribution is -0.124. The monoisotopic (exact) mass is 991 g/mol. The number of hydroxylamine groups is 3. The number of benzene rings is 5. The van der Waals surface area contributed by atoms with Crippen LogP contribution < -0.4 is 16.4 Å². The van der Waals surface area contributed by atoms with Crippen molar-refractivity contribution < 1.29 is 35.1 Å². The quantitative estimate of drug-likeness (QED) is 0.0313. The van der Waals surface area contributed by atoms with E-state index >= 15 is 0 Å². The number of nitrogens with one attached hydrogen (secondary N) is 3. The zero-order chi connectivity index (χ0) is 51.9. The highest BCUT2D eigenvalue weighted by molar-refractivity contribution is 5.91. The van der Waals surface area contributed by atoms with Gasteiger partial charge in [0.05, 0.1) is 44.8 Å². The molecule has 0 bridgehead atoms. The molecule has 0 saturated heterocycles. The Bertz CT molecular complexity index is 3170. The molecule has 4 aromatic heterocycles. The van der Waals surface area contributed by atoms with Crippen LogP contribution in [-0.2, 0) is 40.6 Å². The summed E-state index contributed by atoms with van der Waals surface area (Å²) >= 11 is 0. The summed E-state index contributed by atoms with van der Waals surface area (Å²) in [5.41, 5.74) is 16.4. The first-order valence-electron chi connectivity index (χ1n) is 22.7. The van der Waals surface area contributed by atoms with E-state index < -0.39 is 17.7 Å². The molecule has 0 atom stereocenters. The van der Waals surface area contributed by atoms with Crippen LogP contribution in [0.15, 0.2) is 189 Å². The van der Waals surface area contributed by atoms with E-state index in [1.807, 2.05) is 158 Å². The number of carbonyl (C=O) groups excluding carboxylic acids is 3. The van der Waals surface area contributed by atoms with E-state index in [-0.39, 0.29) is 6.61 Å². The predicted molar refractivity (Wildman–Crippen MR) is 274 cm³/mol. The second-order valence-electron chi connectivity index (χ2n) is 16.0. The molecule has 3 amide bonds. The maximum atomic E-state index is 11.0. The SMILES string of the molecule is O=C(C=Cc1ccc(Cn2cc(-c3ccc(CO)cc3)nn2)cc1)NO.O=C(C=Cc1cccc(Cn2cc(-c3ccccc3)nn2)c1)NO.O=C(C=Cc1cccc(Cn2cc(-c3cccnc3)nn2)c1)NO. The fraction of sp³-hybridized carbons (Fsp3) is 0.0741. The van der Waals surface area contributed by atoms with E-state index in [0.29, 0.717) is 19.6 Å². The lowest BCUT2D eigenvalue weighted by Gasteiger charge is -2.02. The van der Waals surface area contributed by atoms with Crippen LogP contribution >= 0.6 is 0 Å². The second kappa shape index (κ2) is 26.9. The van der Waals surface area contributed by atoms with Crippen LogP contribution in [-0.4, -0.2) is 88.4 Å². The molecule has 74 heavy (non-hydrogen) atoms. The molecule has 372 valence electrons. The summed E-state index contributed by atoms with van der Waals surface area (Å²) in [6.45, 7) is 1.72. The van der Waals surface area contributed by atoms with Gasteiger partial charge in [0, 0.05) is 47.3 Å². The minimum atomic E-state index is -0.573. The minimum absolute atomic E-state index is 0.0167. The van der Waals surface area contributed by atoms with Crippen LogP contribution in [0.4, 0.5) is 0 Å². The smallest absolute Gasteiger partial charge is 0.267 e. The standard InChI is InChI=1S/C19H18N4O3.C18H16N4O2.C17H15N5O2/c24-13-16-5-8-17(9-6-16)18-12-23(22-20-18)11-15-3-1-14(2-4-15)7-10-19(25)21-26;23-18(20-24)10-9-14-5-4-6-15(11-14)12-22-13-17(19-21-22)16-7-2-1-3-8-16;23-17(20-24)7-6-13-3-1-4-14(9-13)11-22-12-16(19-21-22)15-5-2-8-18-10-15/h1-10,12,24,26H,11,13H2,(H,21,25);1-11,13,24H,12H2,(H,20,23);1-10,12,24H,11H2,(H,20,23). The maximum absolute atomic E-state index is 11.0. The number of aliphatic hydroxyl groups is 1. The van der Waals surface area contributed by atoms with Gasteiger partial charge in [-0.2, -0.15) is 0 Å². The highest BCUT2D eigenvalue weighted by atomic mass is 16.5. The van der Waals surface area contributed by atoms with Gasteiger partial charge >= 0.3 is 0 Å². The molecule has 0 radical (unpaired) electrons. The number of amides is 3. The summed E-state index contributed by atoms with van der Waals surface area (Å²) in [5.74, 6) is -1.71. The largest absolute Gasteiger partial charge is 0.392 e. The van der Waals surface area contributed by atoms with E-state index in [2.05, 4.69) is 35.9 Å². The number of hydrogen-bond donors (Lipinski definition) is 7. The van der Waals surface area contributed by atoms with Crippen molar-refractivity contribution in [1.29, 1.82) is 0 Å². The number of rotatable bonds is 16. The Labute approximate surface area is 423 Å². The second-order valence-corrected chi connectivity index (χ2v) is 16.0. The Morgan fingerprint density at radius 3 is 1.34 bits per heavy atom. The average molecular weight is 992 g/mol. The van der Waals surface area contributed by atoms with Gasteiger partial charge in [-0.1, -0.05) is 131 Å². The van der Waals surface area contributed by atoms with Crippen LogP contribution in [0.1, 0.15) is 38.9 Å². The van der Waals surface area contributed by atoms with Crippen LogP contribution in [0, 0.1) is 0 Å². The molecule has 20 nitrogen and oxygen atoms in total.